The van der Waals surface area contributed by atoms with Crippen LogP contribution in [0.1, 0.15) is 11.1 Å². The molecule has 23 heavy (non-hydrogen) atoms. The minimum Gasteiger partial charge on any atom is -0.324 e. The van der Waals surface area contributed by atoms with Gasteiger partial charge in [0.15, 0.2) is 6.16 Å². The van der Waals surface area contributed by atoms with Crippen LogP contribution in [0.2, 0.25) is 5.15 Å². The Morgan fingerprint density at radius 2 is 1.91 bits per heavy atom. The van der Waals surface area contributed by atoms with Crippen molar-refractivity contribution < 1.29 is 22.6 Å². The second kappa shape index (κ2) is 7.21. The van der Waals surface area contributed by atoms with Gasteiger partial charge in [-0.3, -0.25) is 0 Å². The van der Waals surface area contributed by atoms with Crippen molar-refractivity contribution in [3.63, 3.8) is 0 Å². The normalized spacial score (nSPS) is 12.1. The standard InChI is InChI=1S/C13H10ClF3N3O2P/c14-11-10(13(15,16)17)7-18-12(20-11)19-9-3-1-8(2-4-9)5-6-23(21)22/h1-4,7H,5-6H2,(H-,18,19,20,21,22)/p+1. The Morgan fingerprint density at radius 3 is 2.43 bits per heavy atom. The minimum absolute atomic E-state index is 0.0609. The van der Waals surface area contributed by atoms with E-state index in [-0.39, 0.29) is 12.1 Å². The number of rotatable bonds is 5. The lowest BCUT2D eigenvalue weighted by atomic mass is 10.1. The summed E-state index contributed by atoms with van der Waals surface area (Å²) < 4.78 is 48.3. The summed E-state index contributed by atoms with van der Waals surface area (Å²) in [6.45, 7) is 0. The predicted octanol–water partition coefficient (Wildman–Crippen LogP) is 4.17. The largest absolute Gasteiger partial charge is 0.505 e. The van der Waals surface area contributed by atoms with Crippen LogP contribution in [0.5, 0.6) is 0 Å². The first kappa shape index (κ1) is 17.6. The Morgan fingerprint density at radius 1 is 1.26 bits per heavy atom. The number of nitrogens with zero attached hydrogens (tertiary/aromatic N) is 2. The zero-order chi connectivity index (χ0) is 17.0. The molecule has 0 fully saturated rings. The van der Waals surface area contributed by atoms with E-state index in [0.29, 0.717) is 18.3 Å². The third kappa shape index (κ3) is 5.13. The topological polar surface area (TPSA) is 75.1 Å². The van der Waals surface area contributed by atoms with Crippen molar-refractivity contribution in [2.45, 2.75) is 12.6 Å². The number of hydrogen-bond acceptors (Lipinski definition) is 4. The lowest BCUT2D eigenvalue weighted by molar-refractivity contribution is -0.137. The molecule has 2 N–H and O–H groups in total. The van der Waals surface area contributed by atoms with Gasteiger partial charge in [-0.15, -0.1) is 0 Å². The number of nitrogens with one attached hydrogen (secondary N) is 1. The molecule has 0 bridgehead atoms. The molecule has 0 aliphatic rings. The lowest BCUT2D eigenvalue weighted by Gasteiger charge is -2.10. The highest BCUT2D eigenvalue weighted by Crippen LogP contribution is 2.33. The van der Waals surface area contributed by atoms with Crippen LogP contribution in [0.3, 0.4) is 0 Å². The maximum atomic E-state index is 12.6. The maximum Gasteiger partial charge on any atom is 0.505 e. The molecule has 1 atom stereocenters. The average Bonchev–Trinajstić information content (AvgIpc) is 2.45. The van der Waals surface area contributed by atoms with E-state index in [1.54, 1.807) is 24.3 Å². The molecule has 0 saturated carbocycles. The fraction of sp³-hybridized carbons (Fsp3) is 0.231. The quantitative estimate of drug-likeness (QED) is 0.615. The number of benzene rings is 1. The van der Waals surface area contributed by atoms with Gasteiger partial charge in [0.25, 0.3) is 0 Å². The molecule has 0 spiro atoms. The van der Waals surface area contributed by atoms with Crippen LogP contribution in [0, 0.1) is 0 Å². The van der Waals surface area contributed by atoms with Gasteiger partial charge in [0.05, 0.1) is 0 Å². The summed E-state index contributed by atoms with van der Waals surface area (Å²) >= 11 is 5.51. The Labute approximate surface area is 135 Å². The number of alkyl halides is 3. The Kier molecular flexibility index (Phi) is 5.51. The molecule has 1 heterocycles. The number of aryl methyl sites for hydroxylation is 1. The second-order valence-electron chi connectivity index (χ2n) is 4.54. The summed E-state index contributed by atoms with van der Waals surface area (Å²) in [5.41, 5.74) is 0.315. The summed E-state index contributed by atoms with van der Waals surface area (Å²) in [5.74, 6) is -0.0609. The van der Waals surface area contributed by atoms with Gasteiger partial charge in [0.1, 0.15) is 10.7 Å². The number of hydrogen-bond donors (Lipinski definition) is 2. The SMILES string of the molecule is O=[P+](O)CCc1ccc(Nc2ncc(C(F)(F)F)c(Cl)n2)cc1. The van der Waals surface area contributed by atoms with Gasteiger partial charge in [-0.05, 0) is 22.3 Å². The average molecular weight is 365 g/mol. The van der Waals surface area contributed by atoms with Crippen LogP contribution in [-0.4, -0.2) is 21.0 Å². The van der Waals surface area contributed by atoms with Crippen LogP contribution in [0.15, 0.2) is 30.5 Å². The smallest absolute Gasteiger partial charge is 0.324 e. The molecule has 1 aromatic carbocycles. The van der Waals surface area contributed by atoms with Crippen LogP contribution >= 0.6 is 19.6 Å². The molecule has 2 rings (SSSR count). The number of anilines is 2. The van der Waals surface area contributed by atoms with Crippen molar-refractivity contribution in [2.24, 2.45) is 0 Å². The first-order chi connectivity index (χ1) is 10.8. The van der Waals surface area contributed by atoms with Crippen molar-refractivity contribution in [2.75, 3.05) is 11.5 Å². The van der Waals surface area contributed by atoms with Crippen molar-refractivity contribution in [1.82, 2.24) is 9.97 Å². The van der Waals surface area contributed by atoms with E-state index in [4.69, 9.17) is 16.5 Å². The first-order valence-electron chi connectivity index (χ1n) is 6.35. The summed E-state index contributed by atoms with van der Waals surface area (Å²) in [4.78, 5) is 15.9. The van der Waals surface area contributed by atoms with Gasteiger partial charge >= 0.3 is 14.2 Å². The molecule has 0 saturated heterocycles. The molecule has 1 aromatic heterocycles. The van der Waals surface area contributed by atoms with Crippen LogP contribution in [0.4, 0.5) is 24.8 Å². The highest BCUT2D eigenvalue weighted by Gasteiger charge is 2.34. The van der Waals surface area contributed by atoms with Crippen LogP contribution < -0.4 is 5.32 Å². The fourth-order valence-electron chi connectivity index (χ4n) is 1.72. The summed E-state index contributed by atoms with van der Waals surface area (Å²) in [5, 5.41) is 2.05. The van der Waals surface area contributed by atoms with E-state index in [2.05, 4.69) is 15.3 Å². The molecule has 1 unspecified atom stereocenters. The molecule has 0 aliphatic carbocycles. The van der Waals surface area contributed by atoms with Gasteiger partial charge in [0, 0.05) is 18.3 Å². The first-order valence-corrected chi connectivity index (χ1v) is 8.12. The third-order valence-corrected chi connectivity index (χ3v) is 3.74. The molecule has 122 valence electrons. The van der Waals surface area contributed by atoms with E-state index in [1.807, 2.05) is 0 Å². The molecule has 0 radical (unpaired) electrons. The molecule has 5 nitrogen and oxygen atoms in total. The molecular formula is C13H11ClF3N3O2P+. The maximum absolute atomic E-state index is 12.6. The highest BCUT2D eigenvalue weighted by atomic mass is 35.5. The predicted molar refractivity (Wildman–Crippen MR) is 80.2 cm³/mol. The van der Waals surface area contributed by atoms with Gasteiger partial charge in [0.2, 0.25) is 5.95 Å². The number of halogens is 4. The molecule has 0 amide bonds. The summed E-state index contributed by atoms with van der Waals surface area (Å²) in [7, 11) is -2.18. The van der Waals surface area contributed by atoms with E-state index >= 15 is 0 Å². The van der Waals surface area contributed by atoms with Gasteiger partial charge in [-0.1, -0.05) is 23.7 Å². The molecule has 0 aliphatic heterocycles. The molecular weight excluding hydrogens is 354 g/mol. The summed E-state index contributed by atoms with van der Waals surface area (Å²) in [6.07, 6.45) is -3.37. The van der Waals surface area contributed by atoms with Crippen molar-refractivity contribution in [1.29, 1.82) is 0 Å². The Bertz CT molecular complexity index is 711. The fourth-order valence-corrected chi connectivity index (χ4v) is 2.41. The Hall–Kier alpha value is -1.76. The zero-order valence-electron chi connectivity index (χ0n) is 11.5. The minimum atomic E-state index is -4.61. The van der Waals surface area contributed by atoms with Gasteiger partial charge in [-0.2, -0.15) is 18.1 Å². The second-order valence-corrected chi connectivity index (χ2v) is 6.05. The number of aromatic nitrogens is 2. The van der Waals surface area contributed by atoms with E-state index in [9.17, 15) is 17.7 Å². The van der Waals surface area contributed by atoms with Crippen molar-refractivity contribution >= 4 is 31.3 Å². The molecule has 2 aromatic rings. The van der Waals surface area contributed by atoms with E-state index in [1.165, 1.54) is 0 Å². The highest BCUT2D eigenvalue weighted by molar-refractivity contribution is 7.37. The van der Waals surface area contributed by atoms with Crippen molar-refractivity contribution in [3.8, 4) is 0 Å². The van der Waals surface area contributed by atoms with Crippen LogP contribution in [0.25, 0.3) is 0 Å². The third-order valence-electron chi connectivity index (χ3n) is 2.85. The Balaban J connectivity index is 2.07. The van der Waals surface area contributed by atoms with Gasteiger partial charge in [-0.25, -0.2) is 9.97 Å². The monoisotopic (exact) mass is 364 g/mol. The lowest BCUT2D eigenvalue weighted by Crippen LogP contribution is -2.09. The zero-order valence-corrected chi connectivity index (χ0v) is 13.2. The van der Waals surface area contributed by atoms with Crippen molar-refractivity contribution in [3.05, 3.63) is 46.7 Å². The molecule has 10 heteroatoms. The van der Waals surface area contributed by atoms with E-state index < -0.39 is 24.9 Å². The van der Waals surface area contributed by atoms with E-state index in [0.717, 1.165) is 5.56 Å². The van der Waals surface area contributed by atoms with Gasteiger partial charge < -0.3 is 5.32 Å². The summed E-state index contributed by atoms with van der Waals surface area (Å²) in [6, 6.07) is 6.78. The van der Waals surface area contributed by atoms with Crippen LogP contribution in [-0.2, 0) is 17.2 Å².